The van der Waals surface area contributed by atoms with Crippen LogP contribution in [0.5, 0.6) is 0 Å². The Kier molecular flexibility index (Phi) is 6.34. The van der Waals surface area contributed by atoms with Crippen LogP contribution in [0.25, 0.3) is 0 Å². The summed E-state index contributed by atoms with van der Waals surface area (Å²) in [5, 5.41) is 6.34. The number of anilines is 1. The normalized spacial score (nSPS) is 16.4. The van der Waals surface area contributed by atoms with E-state index in [0.29, 0.717) is 0 Å². The molecule has 29 heavy (non-hydrogen) atoms. The molecule has 2 heterocycles. The first-order valence-corrected chi connectivity index (χ1v) is 10.9. The zero-order valence-electron chi connectivity index (χ0n) is 16.6. The summed E-state index contributed by atoms with van der Waals surface area (Å²) in [6.07, 6.45) is 0. The second-order valence-corrected chi connectivity index (χ2v) is 8.40. The molecule has 3 aromatic rings. The van der Waals surface area contributed by atoms with Crippen LogP contribution in [0, 0.1) is 6.92 Å². The van der Waals surface area contributed by atoms with E-state index < -0.39 is 0 Å². The van der Waals surface area contributed by atoms with Crippen molar-refractivity contribution in [1.29, 1.82) is 0 Å². The van der Waals surface area contributed by atoms with E-state index in [1.165, 1.54) is 0 Å². The highest BCUT2D eigenvalue weighted by atomic mass is 32.1. The van der Waals surface area contributed by atoms with E-state index in [4.69, 9.17) is 0 Å². The van der Waals surface area contributed by atoms with Gasteiger partial charge in [0.2, 0.25) is 5.91 Å². The van der Waals surface area contributed by atoms with Crippen LogP contribution in [0.15, 0.2) is 66.0 Å². The molecule has 2 aromatic carbocycles. The number of carbonyl (C=O) groups is 1. The van der Waals surface area contributed by atoms with E-state index in [1.807, 2.05) is 67.6 Å². The van der Waals surface area contributed by atoms with Crippen molar-refractivity contribution in [3.8, 4) is 0 Å². The summed E-state index contributed by atoms with van der Waals surface area (Å²) in [7, 11) is 0. The Labute approximate surface area is 176 Å². The van der Waals surface area contributed by atoms with E-state index in [1.54, 1.807) is 11.3 Å². The van der Waals surface area contributed by atoms with Gasteiger partial charge in [-0.05, 0) is 24.6 Å². The molecule has 0 bridgehead atoms. The Bertz CT molecular complexity index is 920. The molecule has 1 saturated heterocycles. The lowest BCUT2D eigenvalue weighted by Crippen LogP contribution is -2.49. The van der Waals surface area contributed by atoms with Gasteiger partial charge in [0.05, 0.1) is 10.7 Å². The summed E-state index contributed by atoms with van der Waals surface area (Å²) >= 11 is 1.70. The number of carbonyl (C=O) groups excluding carboxylic acids is 1. The molecular weight excluding hydrogens is 380 g/mol. The van der Waals surface area contributed by atoms with Crippen molar-refractivity contribution in [2.45, 2.75) is 19.5 Å². The summed E-state index contributed by atoms with van der Waals surface area (Å²) in [6.45, 7) is 6.49. The standard InChI is InChI=1S/C23H26N4OS/c1-18-24-21(17-29-18)16-26-12-14-27(15-13-26)22(19-8-4-2-5-9-19)23(28)25-20-10-6-3-7-11-20/h2-11,17,22H,12-16H2,1H3,(H,25,28). The maximum absolute atomic E-state index is 13.2. The summed E-state index contributed by atoms with van der Waals surface area (Å²) in [6, 6.07) is 19.5. The number of hydrogen-bond acceptors (Lipinski definition) is 5. The third kappa shape index (κ3) is 5.09. The molecule has 0 saturated carbocycles. The second-order valence-electron chi connectivity index (χ2n) is 7.34. The molecule has 1 atom stereocenters. The lowest BCUT2D eigenvalue weighted by atomic mass is 10.0. The van der Waals surface area contributed by atoms with Gasteiger partial charge < -0.3 is 5.32 Å². The summed E-state index contributed by atoms with van der Waals surface area (Å²) < 4.78 is 0. The van der Waals surface area contributed by atoms with Crippen molar-refractivity contribution in [2.75, 3.05) is 31.5 Å². The molecule has 1 aliphatic heterocycles. The molecular formula is C23H26N4OS. The number of amides is 1. The van der Waals surface area contributed by atoms with Crippen LogP contribution in [-0.2, 0) is 11.3 Å². The zero-order valence-corrected chi connectivity index (χ0v) is 17.4. The van der Waals surface area contributed by atoms with E-state index in [0.717, 1.165) is 54.7 Å². The number of rotatable bonds is 6. The monoisotopic (exact) mass is 406 g/mol. The second kappa shape index (κ2) is 9.31. The molecule has 1 unspecified atom stereocenters. The average Bonchev–Trinajstić information content (AvgIpc) is 3.15. The van der Waals surface area contributed by atoms with Gasteiger partial charge in [-0.25, -0.2) is 4.98 Å². The molecule has 150 valence electrons. The minimum Gasteiger partial charge on any atom is -0.324 e. The highest BCUT2D eigenvalue weighted by Crippen LogP contribution is 2.25. The number of hydrogen-bond donors (Lipinski definition) is 1. The molecule has 1 N–H and O–H groups in total. The van der Waals surface area contributed by atoms with Crippen LogP contribution in [0.4, 0.5) is 5.69 Å². The number of benzene rings is 2. The first-order chi connectivity index (χ1) is 14.2. The Balaban J connectivity index is 1.45. The van der Waals surface area contributed by atoms with Crippen molar-refractivity contribution in [3.63, 3.8) is 0 Å². The lowest BCUT2D eigenvalue weighted by molar-refractivity contribution is -0.122. The quantitative estimate of drug-likeness (QED) is 0.673. The van der Waals surface area contributed by atoms with Gasteiger partial charge in [-0.15, -0.1) is 11.3 Å². The minimum atomic E-state index is -0.292. The fourth-order valence-corrected chi connectivity index (χ4v) is 4.39. The maximum atomic E-state index is 13.2. The van der Waals surface area contributed by atoms with Crippen molar-refractivity contribution in [3.05, 3.63) is 82.3 Å². The highest BCUT2D eigenvalue weighted by molar-refractivity contribution is 7.09. The Morgan fingerprint density at radius 3 is 2.31 bits per heavy atom. The SMILES string of the molecule is Cc1nc(CN2CCN(C(C(=O)Nc3ccccc3)c3ccccc3)CC2)cs1. The van der Waals surface area contributed by atoms with Crippen LogP contribution in [0.2, 0.25) is 0 Å². The zero-order chi connectivity index (χ0) is 20.1. The average molecular weight is 407 g/mol. The fourth-order valence-electron chi connectivity index (χ4n) is 3.79. The smallest absolute Gasteiger partial charge is 0.246 e. The predicted molar refractivity (Wildman–Crippen MR) is 118 cm³/mol. The van der Waals surface area contributed by atoms with Gasteiger partial charge in [0.1, 0.15) is 6.04 Å². The predicted octanol–water partition coefficient (Wildman–Crippen LogP) is 3.95. The van der Waals surface area contributed by atoms with Crippen molar-refractivity contribution in [2.24, 2.45) is 0 Å². The van der Waals surface area contributed by atoms with Crippen molar-refractivity contribution >= 4 is 22.9 Å². The van der Waals surface area contributed by atoms with Gasteiger partial charge in [-0.2, -0.15) is 0 Å². The lowest BCUT2D eigenvalue weighted by Gasteiger charge is -2.38. The number of nitrogens with zero attached hydrogens (tertiary/aromatic N) is 3. The van der Waals surface area contributed by atoms with Crippen LogP contribution in [-0.4, -0.2) is 46.9 Å². The number of aromatic nitrogens is 1. The number of thiazole rings is 1. The van der Waals surface area contributed by atoms with Crippen LogP contribution in [0.1, 0.15) is 22.3 Å². The molecule has 0 radical (unpaired) electrons. The Morgan fingerprint density at radius 1 is 1.03 bits per heavy atom. The summed E-state index contributed by atoms with van der Waals surface area (Å²) in [5.41, 5.74) is 3.00. The first-order valence-electron chi connectivity index (χ1n) is 9.97. The number of aryl methyl sites for hydroxylation is 1. The molecule has 1 aliphatic rings. The van der Waals surface area contributed by atoms with Crippen LogP contribution in [0.3, 0.4) is 0 Å². The molecule has 4 rings (SSSR count). The van der Waals surface area contributed by atoms with Gasteiger partial charge in [-0.3, -0.25) is 14.6 Å². The fraction of sp³-hybridized carbons (Fsp3) is 0.304. The van der Waals surface area contributed by atoms with Crippen molar-refractivity contribution < 1.29 is 4.79 Å². The van der Waals surface area contributed by atoms with Gasteiger partial charge in [0.25, 0.3) is 0 Å². The third-order valence-corrected chi connectivity index (χ3v) is 6.05. The molecule has 5 nitrogen and oxygen atoms in total. The number of nitrogens with one attached hydrogen (secondary N) is 1. The van der Waals surface area contributed by atoms with E-state index in [-0.39, 0.29) is 11.9 Å². The van der Waals surface area contributed by atoms with E-state index in [9.17, 15) is 4.79 Å². The molecule has 1 fully saturated rings. The highest BCUT2D eigenvalue weighted by Gasteiger charge is 2.30. The van der Waals surface area contributed by atoms with Gasteiger partial charge in [-0.1, -0.05) is 48.5 Å². The van der Waals surface area contributed by atoms with Crippen LogP contribution < -0.4 is 5.32 Å². The minimum absolute atomic E-state index is 0.0194. The summed E-state index contributed by atoms with van der Waals surface area (Å²) in [5.74, 6) is 0.0194. The van der Waals surface area contributed by atoms with E-state index in [2.05, 4.69) is 25.5 Å². The summed E-state index contributed by atoms with van der Waals surface area (Å²) in [4.78, 5) is 22.5. The maximum Gasteiger partial charge on any atom is 0.246 e. The molecule has 0 aliphatic carbocycles. The third-order valence-electron chi connectivity index (χ3n) is 5.23. The molecule has 6 heteroatoms. The van der Waals surface area contributed by atoms with Gasteiger partial charge in [0, 0.05) is 43.8 Å². The van der Waals surface area contributed by atoms with Crippen molar-refractivity contribution in [1.82, 2.24) is 14.8 Å². The van der Waals surface area contributed by atoms with Gasteiger partial charge >= 0.3 is 0 Å². The first kappa shape index (κ1) is 19.8. The topological polar surface area (TPSA) is 48.5 Å². The number of para-hydroxylation sites is 1. The van der Waals surface area contributed by atoms with Crippen LogP contribution >= 0.6 is 11.3 Å². The number of piperazine rings is 1. The molecule has 1 amide bonds. The van der Waals surface area contributed by atoms with E-state index >= 15 is 0 Å². The van der Waals surface area contributed by atoms with Gasteiger partial charge in [0.15, 0.2) is 0 Å². The molecule has 0 spiro atoms. The molecule has 1 aromatic heterocycles. The Morgan fingerprint density at radius 2 is 1.69 bits per heavy atom. The Hall–Kier alpha value is -2.54. The largest absolute Gasteiger partial charge is 0.324 e.